The summed E-state index contributed by atoms with van der Waals surface area (Å²) in [5, 5.41) is 0. The average Bonchev–Trinajstić information content (AvgIpc) is 2.26. The summed E-state index contributed by atoms with van der Waals surface area (Å²) in [6, 6.07) is 10.3. The highest BCUT2D eigenvalue weighted by atomic mass is 32.2. The molecule has 0 spiro atoms. The Morgan fingerprint density at radius 2 is 1.79 bits per heavy atom. The van der Waals surface area contributed by atoms with Crippen LogP contribution in [0.4, 0.5) is 0 Å². The molecule has 0 aromatic heterocycles. The number of allylic oxidation sites excluding steroid dienone is 3. The van der Waals surface area contributed by atoms with Crippen molar-refractivity contribution >= 4 is 11.8 Å². The molecule has 72 valence electrons. The molecule has 1 rings (SSSR count). The Kier molecular flexibility index (Phi) is 4.27. The first kappa shape index (κ1) is 10.9. The van der Waals surface area contributed by atoms with Crippen LogP contribution >= 0.6 is 11.8 Å². The van der Waals surface area contributed by atoms with Gasteiger partial charge in [0.2, 0.25) is 0 Å². The molecule has 0 aliphatic heterocycles. The van der Waals surface area contributed by atoms with Gasteiger partial charge < -0.3 is 0 Å². The van der Waals surface area contributed by atoms with Crippen molar-refractivity contribution in [2.75, 3.05) is 0 Å². The predicted octanol–water partition coefficient (Wildman–Crippen LogP) is 4.42. The number of thioether (sulfide) groups is 1. The summed E-state index contributed by atoms with van der Waals surface area (Å²) in [4.78, 5) is 2.38. The number of rotatable bonds is 4. The molecule has 0 aliphatic rings. The van der Waals surface area contributed by atoms with E-state index in [-0.39, 0.29) is 0 Å². The van der Waals surface area contributed by atoms with E-state index < -0.39 is 0 Å². The molecule has 0 unspecified atom stereocenters. The van der Waals surface area contributed by atoms with Gasteiger partial charge in [-0.3, -0.25) is 0 Å². The molecular weight excluding hydrogens is 188 g/mol. The topological polar surface area (TPSA) is 0 Å². The molecule has 1 aromatic carbocycles. The molecule has 0 atom stereocenters. The van der Waals surface area contributed by atoms with Crippen LogP contribution in [0.25, 0.3) is 0 Å². The highest BCUT2D eigenvalue weighted by Gasteiger charge is 1.98. The molecule has 0 amide bonds. The summed E-state index contributed by atoms with van der Waals surface area (Å²) in [6.07, 6.45) is 3.72. The van der Waals surface area contributed by atoms with Crippen molar-refractivity contribution in [1.82, 2.24) is 0 Å². The van der Waals surface area contributed by atoms with Crippen LogP contribution in [0.2, 0.25) is 0 Å². The van der Waals surface area contributed by atoms with Gasteiger partial charge >= 0.3 is 0 Å². The van der Waals surface area contributed by atoms with E-state index in [4.69, 9.17) is 0 Å². The molecule has 0 nitrogen and oxygen atoms in total. The van der Waals surface area contributed by atoms with E-state index in [1.807, 2.05) is 37.3 Å². The van der Waals surface area contributed by atoms with Crippen molar-refractivity contribution in [2.45, 2.75) is 11.8 Å². The van der Waals surface area contributed by atoms with E-state index >= 15 is 0 Å². The SMILES string of the molecule is C=C/C(C)=C(\C=C)Sc1ccccc1. The fourth-order valence-electron chi connectivity index (χ4n) is 0.999. The van der Waals surface area contributed by atoms with Gasteiger partial charge in [0, 0.05) is 9.80 Å². The Balaban J connectivity index is 2.87. The first-order valence-corrected chi connectivity index (χ1v) is 5.28. The smallest absolute Gasteiger partial charge is 0.0145 e. The standard InChI is InChI=1S/C13H14S/c1-4-11(3)13(5-2)14-12-9-7-6-8-10-12/h4-10H,1-2H2,3H3/b13-11+. The average molecular weight is 202 g/mol. The Hall–Kier alpha value is -1.21. The highest BCUT2D eigenvalue weighted by Crippen LogP contribution is 2.29. The quantitative estimate of drug-likeness (QED) is 0.514. The van der Waals surface area contributed by atoms with E-state index in [0.717, 1.165) is 10.5 Å². The zero-order chi connectivity index (χ0) is 10.4. The van der Waals surface area contributed by atoms with Gasteiger partial charge in [-0.15, -0.1) is 0 Å². The second kappa shape index (κ2) is 5.51. The minimum atomic E-state index is 1.16. The molecule has 0 saturated heterocycles. The molecule has 0 aliphatic carbocycles. The van der Waals surface area contributed by atoms with Gasteiger partial charge in [0.25, 0.3) is 0 Å². The Morgan fingerprint density at radius 3 is 2.29 bits per heavy atom. The molecule has 1 heteroatoms. The number of benzene rings is 1. The van der Waals surface area contributed by atoms with Gasteiger partial charge in [0.05, 0.1) is 0 Å². The third kappa shape index (κ3) is 2.93. The van der Waals surface area contributed by atoms with Crippen molar-refractivity contribution in [3.8, 4) is 0 Å². The molecule has 0 fully saturated rings. The van der Waals surface area contributed by atoms with Crippen molar-refractivity contribution in [2.24, 2.45) is 0 Å². The second-order valence-electron chi connectivity index (χ2n) is 2.87. The zero-order valence-corrected chi connectivity index (χ0v) is 9.18. The van der Waals surface area contributed by atoms with Crippen LogP contribution in [-0.2, 0) is 0 Å². The van der Waals surface area contributed by atoms with Crippen LogP contribution in [0.15, 0.2) is 71.0 Å². The van der Waals surface area contributed by atoms with E-state index in [1.165, 1.54) is 4.90 Å². The first-order chi connectivity index (χ1) is 6.77. The van der Waals surface area contributed by atoms with E-state index in [2.05, 4.69) is 25.3 Å². The summed E-state index contributed by atoms with van der Waals surface area (Å²) in [5.41, 5.74) is 1.16. The zero-order valence-electron chi connectivity index (χ0n) is 8.36. The van der Waals surface area contributed by atoms with Gasteiger partial charge in [0.1, 0.15) is 0 Å². The lowest BCUT2D eigenvalue weighted by Gasteiger charge is -2.04. The minimum absolute atomic E-state index is 1.16. The summed E-state index contributed by atoms with van der Waals surface area (Å²) < 4.78 is 0. The molecule has 14 heavy (non-hydrogen) atoms. The van der Waals surface area contributed by atoms with Crippen LogP contribution < -0.4 is 0 Å². The van der Waals surface area contributed by atoms with Gasteiger partial charge in [-0.25, -0.2) is 0 Å². The van der Waals surface area contributed by atoms with Crippen molar-refractivity contribution < 1.29 is 0 Å². The Bertz CT molecular complexity index is 347. The monoisotopic (exact) mass is 202 g/mol. The lowest BCUT2D eigenvalue weighted by atomic mass is 10.3. The maximum Gasteiger partial charge on any atom is 0.0145 e. The van der Waals surface area contributed by atoms with Crippen molar-refractivity contribution in [3.05, 3.63) is 66.1 Å². The maximum absolute atomic E-state index is 3.80. The fourth-order valence-corrected chi connectivity index (χ4v) is 1.87. The Labute approximate surface area is 90.0 Å². The molecule has 1 aromatic rings. The summed E-state index contributed by atoms with van der Waals surface area (Å²) in [6.45, 7) is 9.59. The minimum Gasteiger partial charge on any atom is -0.0988 e. The number of hydrogen-bond acceptors (Lipinski definition) is 1. The Morgan fingerprint density at radius 1 is 1.14 bits per heavy atom. The third-order valence-corrected chi connectivity index (χ3v) is 3.07. The lowest BCUT2D eigenvalue weighted by molar-refractivity contribution is 1.45. The van der Waals surface area contributed by atoms with Gasteiger partial charge in [-0.05, 0) is 24.6 Å². The van der Waals surface area contributed by atoms with Crippen LogP contribution in [0, 0.1) is 0 Å². The maximum atomic E-state index is 3.80. The first-order valence-electron chi connectivity index (χ1n) is 4.46. The molecular formula is C13H14S. The highest BCUT2D eigenvalue weighted by molar-refractivity contribution is 8.03. The third-order valence-electron chi connectivity index (χ3n) is 1.85. The van der Waals surface area contributed by atoms with Gasteiger partial charge in [-0.2, -0.15) is 0 Å². The van der Waals surface area contributed by atoms with Crippen LogP contribution in [-0.4, -0.2) is 0 Å². The number of hydrogen-bond donors (Lipinski definition) is 0. The summed E-state index contributed by atoms with van der Waals surface area (Å²) in [5.74, 6) is 0. The van der Waals surface area contributed by atoms with Crippen molar-refractivity contribution in [3.63, 3.8) is 0 Å². The fraction of sp³-hybridized carbons (Fsp3) is 0.0769. The van der Waals surface area contributed by atoms with E-state index in [9.17, 15) is 0 Å². The largest absolute Gasteiger partial charge is 0.0988 e. The molecule has 0 bridgehead atoms. The van der Waals surface area contributed by atoms with Gasteiger partial charge in [-0.1, -0.05) is 55.3 Å². The van der Waals surface area contributed by atoms with E-state index in [1.54, 1.807) is 11.8 Å². The molecule has 0 saturated carbocycles. The summed E-state index contributed by atoms with van der Waals surface area (Å²) >= 11 is 1.71. The van der Waals surface area contributed by atoms with Crippen molar-refractivity contribution in [1.29, 1.82) is 0 Å². The predicted molar refractivity (Wildman–Crippen MR) is 65.4 cm³/mol. The molecule has 0 radical (unpaired) electrons. The lowest BCUT2D eigenvalue weighted by Crippen LogP contribution is -1.77. The van der Waals surface area contributed by atoms with Crippen LogP contribution in [0.5, 0.6) is 0 Å². The molecule has 0 heterocycles. The van der Waals surface area contributed by atoms with Crippen LogP contribution in [0.3, 0.4) is 0 Å². The van der Waals surface area contributed by atoms with Crippen LogP contribution in [0.1, 0.15) is 6.92 Å². The summed E-state index contributed by atoms with van der Waals surface area (Å²) in [7, 11) is 0. The van der Waals surface area contributed by atoms with E-state index in [0.29, 0.717) is 0 Å². The van der Waals surface area contributed by atoms with Gasteiger partial charge in [0.15, 0.2) is 0 Å². The molecule has 0 N–H and O–H groups in total. The second-order valence-corrected chi connectivity index (χ2v) is 3.99. The normalized spacial score (nSPS) is 11.8.